The van der Waals surface area contributed by atoms with Gasteiger partial charge in [-0.3, -0.25) is 20.0 Å². The van der Waals surface area contributed by atoms with Crippen LogP contribution in [0, 0.1) is 0 Å². The molecule has 0 aliphatic heterocycles. The van der Waals surface area contributed by atoms with Crippen molar-refractivity contribution < 1.29 is 22.8 Å². The summed E-state index contributed by atoms with van der Waals surface area (Å²) in [5, 5.41) is 15.5. The molecule has 0 fully saturated rings. The first kappa shape index (κ1) is 24.7. The number of H-pyrrole nitrogens is 1. The topological polar surface area (TPSA) is 112 Å². The molecule has 184 valence electrons. The van der Waals surface area contributed by atoms with Crippen LogP contribution in [0.1, 0.15) is 32.8 Å². The minimum absolute atomic E-state index is 0.0195. The van der Waals surface area contributed by atoms with E-state index in [9.17, 15) is 22.8 Å². The number of rotatable bonds is 6. The van der Waals surface area contributed by atoms with Crippen molar-refractivity contribution in [3.05, 3.63) is 41.0 Å². The number of nitrogens with one attached hydrogen (secondary N) is 4. The third-order valence-electron chi connectivity index (χ3n) is 5.20. The van der Waals surface area contributed by atoms with Crippen molar-refractivity contribution in [3.63, 3.8) is 0 Å². The second kappa shape index (κ2) is 9.00. The van der Waals surface area contributed by atoms with E-state index in [2.05, 4.69) is 31.1 Å². The van der Waals surface area contributed by atoms with Crippen molar-refractivity contribution >= 4 is 72.4 Å². The molecular formula is C22H20ClF3N6O2S. The van der Waals surface area contributed by atoms with Crippen LogP contribution in [0.4, 0.5) is 29.7 Å². The summed E-state index contributed by atoms with van der Waals surface area (Å²) in [6.45, 7) is 4.91. The monoisotopic (exact) mass is 524 g/mol. The first-order chi connectivity index (χ1) is 16.4. The molecule has 4 rings (SSSR count). The number of aromatic amines is 1. The van der Waals surface area contributed by atoms with Crippen molar-refractivity contribution in [1.29, 1.82) is 0 Å². The minimum Gasteiger partial charge on any atom is -0.372 e. The molecule has 0 bridgehead atoms. The predicted molar refractivity (Wildman–Crippen MR) is 131 cm³/mol. The lowest BCUT2D eigenvalue weighted by Gasteiger charge is -2.26. The molecule has 35 heavy (non-hydrogen) atoms. The third kappa shape index (κ3) is 5.03. The van der Waals surface area contributed by atoms with Crippen LogP contribution in [0.5, 0.6) is 0 Å². The number of carbonyl (C=O) groups excluding carboxylic acids is 2. The van der Waals surface area contributed by atoms with E-state index in [1.165, 1.54) is 6.20 Å². The highest BCUT2D eigenvalue weighted by Gasteiger charge is 2.36. The van der Waals surface area contributed by atoms with E-state index in [1.807, 2.05) is 0 Å². The molecule has 0 atom stereocenters. The molecule has 0 spiro atoms. The number of hydrogen-bond acceptors (Lipinski definition) is 6. The zero-order valence-electron chi connectivity index (χ0n) is 18.7. The van der Waals surface area contributed by atoms with Crippen LogP contribution in [0.25, 0.3) is 21.1 Å². The van der Waals surface area contributed by atoms with Gasteiger partial charge in [-0.25, -0.2) is 4.98 Å². The van der Waals surface area contributed by atoms with Crippen LogP contribution in [-0.4, -0.2) is 32.5 Å². The highest BCUT2D eigenvalue weighted by atomic mass is 35.5. The van der Waals surface area contributed by atoms with Crippen LogP contribution in [0.15, 0.2) is 30.5 Å². The minimum atomic E-state index is -4.63. The van der Waals surface area contributed by atoms with E-state index in [-0.39, 0.29) is 33.2 Å². The maximum absolute atomic E-state index is 13.6. The molecular weight excluding hydrogens is 505 g/mol. The molecule has 2 heterocycles. The van der Waals surface area contributed by atoms with Crippen LogP contribution >= 0.6 is 22.9 Å². The highest BCUT2D eigenvalue weighted by molar-refractivity contribution is 7.23. The normalized spacial score (nSPS) is 12.2. The maximum Gasteiger partial charge on any atom is 0.418 e. The van der Waals surface area contributed by atoms with Crippen LogP contribution in [0.3, 0.4) is 0 Å². The Bertz CT molecular complexity index is 1450. The Balaban J connectivity index is 1.60. The van der Waals surface area contributed by atoms with Crippen LogP contribution < -0.4 is 16.0 Å². The van der Waals surface area contributed by atoms with Crippen molar-refractivity contribution in [2.75, 3.05) is 16.0 Å². The van der Waals surface area contributed by atoms with E-state index in [0.717, 1.165) is 17.4 Å². The van der Waals surface area contributed by atoms with E-state index in [1.54, 1.807) is 39.0 Å². The Hall–Kier alpha value is -3.38. The zero-order valence-corrected chi connectivity index (χ0v) is 20.3. The predicted octanol–water partition coefficient (Wildman–Crippen LogP) is 6.02. The molecule has 4 N–H and O–H groups in total. The van der Waals surface area contributed by atoms with Gasteiger partial charge >= 0.3 is 6.18 Å². The van der Waals surface area contributed by atoms with Gasteiger partial charge in [-0.1, -0.05) is 29.9 Å². The number of alkyl halides is 3. The van der Waals surface area contributed by atoms with E-state index in [0.29, 0.717) is 21.8 Å². The number of nitrogens with zero attached hydrogens (tertiary/aromatic N) is 2. The zero-order chi connectivity index (χ0) is 25.5. The van der Waals surface area contributed by atoms with Gasteiger partial charge in [0, 0.05) is 17.5 Å². The van der Waals surface area contributed by atoms with Crippen molar-refractivity contribution in [2.45, 2.75) is 38.9 Å². The summed E-state index contributed by atoms with van der Waals surface area (Å²) < 4.78 is 41.1. The fourth-order valence-electron chi connectivity index (χ4n) is 3.36. The number of hydrogen-bond donors (Lipinski definition) is 4. The average Bonchev–Trinajstić information content (AvgIpc) is 3.40. The molecule has 4 aromatic rings. The molecule has 0 aliphatic carbocycles. The van der Waals surface area contributed by atoms with E-state index >= 15 is 0 Å². The SMILES string of the molecule is CCC(=O)Nc1cc(NC(C)(C)C(=O)Nc2nc3c(C(F)(F)F)cc4[nH]ncc4c3s2)ccc1Cl. The first-order valence-corrected chi connectivity index (χ1v) is 11.6. The molecule has 0 radical (unpaired) electrons. The number of benzene rings is 2. The lowest BCUT2D eigenvalue weighted by atomic mass is 10.0. The molecule has 13 heteroatoms. The van der Waals surface area contributed by atoms with Gasteiger partial charge in [0.15, 0.2) is 5.13 Å². The lowest BCUT2D eigenvalue weighted by Crippen LogP contribution is -2.44. The summed E-state index contributed by atoms with van der Waals surface area (Å²) in [5.74, 6) is -0.746. The van der Waals surface area contributed by atoms with Gasteiger partial charge in [0.05, 0.1) is 38.2 Å². The van der Waals surface area contributed by atoms with Crippen LogP contribution in [-0.2, 0) is 15.8 Å². The standard InChI is InChI=1S/C22H20ClF3N6O2S/c1-4-16(33)28-15-7-10(5-6-13(15)23)31-21(2,3)19(34)30-20-29-17-12(22(24,25)26)8-14-11(9-27-32-14)18(17)35-20/h5-9,31H,4H2,1-3H3,(H,27,32)(H,28,33)(H,29,30,34). The highest BCUT2D eigenvalue weighted by Crippen LogP contribution is 2.41. The van der Waals surface area contributed by atoms with Crippen molar-refractivity contribution in [2.24, 2.45) is 0 Å². The van der Waals surface area contributed by atoms with Gasteiger partial charge in [0.2, 0.25) is 5.91 Å². The molecule has 8 nitrogen and oxygen atoms in total. The summed E-state index contributed by atoms with van der Waals surface area (Å²) in [7, 11) is 0. The van der Waals surface area contributed by atoms with Gasteiger partial charge in [0.25, 0.3) is 5.91 Å². The Labute approximate surface area is 206 Å². The summed E-state index contributed by atoms with van der Waals surface area (Å²) >= 11 is 7.07. The van der Waals surface area contributed by atoms with Crippen molar-refractivity contribution in [3.8, 4) is 0 Å². The number of anilines is 3. The molecule has 0 unspecified atom stereocenters. The Morgan fingerprint density at radius 1 is 1.17 bits per heavy atom. The van der Waals surface area contributed by atoms with Crippen molar-refractivity contribution in [1.82, 2.24) is 15.2 Å². The third-order valence-corrected chi connectivity index (χ3v) is 6.53. The van der Waals surface area contributed by atoms with Gasteiger partial charge in [-0.2, -0.15) is 18.3 Å². The average molecular weight is 525 g/mol. The lowest BCUT2D eigenvalue weighted by molar-refractivity contribution is -0.136. The second-order valence-corrected chi connectivity index (χ2v) is 9.66. The number of carbonyl (C=O) groups is 2. The maximum atomic E-state index is 13.6. The quantitative estimate of drug-likeness (QED) is 0.246. The Kier molecular flexibility index (Phi) is 6.36. The fraction of sp³-hybridized carbons (Fsp3) is 0.273. The fourth-order valence-corrected chi connectivity index (χ4v) is 4.53. The van der Waals surface area contributed by atoms with E-state index in [4.69, 9.17) is 11.6 Å². The molecule has 2 amide bonds. The Morgan fingerprint density at radius 3 is 2.60 bits per heavy atom. The van der Waals surface area contributed by atoms with E-state index < -0.39 is 23.2 Å². The number of aromatic nitrogens is 3. The smallest absolute Gasteiger partial charge is 0.372 e. The second-order valence-electron chi connectivity index (χ2n) is 8.25. The number of halogens is 4. The molecule has 0 saturated carbocycles. The van der Waals surface area contributed by atoms with Gasteiger partial charge in [-0.05, 0) is 38.1 Å². The van der Waals surface area contributed by atoms with Gasteiger partial charge in [0.1, 0.15) is 5.54 Å². The van der Waals surface area contributed by atoms with Crippen LogP contribution in [0.2, 0.25) is 5.02 Å². The molecule has 2 aromatic heterocycles. The largest absolute Gasteiger partial charge is 0.418 e. The number of fused-ring (bicyclic) bond motifs is 3. The van der Waals surface area contributed by atoms with Gasteiger partial charge in [-0.15, -0.1) is 0 Å². The summed E-state index contributed by atoms with van der Waals surface area (Å²) in [6.07, 6.45) is -2.94. The molecule has 0 aliphatic rings. The summed E-state index contributed by atoms with van der Waals surface area (Å²) in [4.78, 5) is 28.8. The number of thiazole rings is 1. The molecule has 0 saturated heterocycles. The summed E-state index contributed by atoms with van der Waals surface area (Å²) in [5.41, 5.74) is -1.26. The Morgan fingerprint density at radius 2 is 1.91 bits per heavy atom. The summed E-state index contributed by atoms with van der Waals surface area (Å²) in [6, 6.07) is 5.76. The first-order valence-electron chi connectivity index (χ1n) is 10.4. The molecule has 2 aromatic carbocycles. The van der Waals surface area contributed by atoms with Gasteiger partial charge < -0.3 is 10.6 Å². The number of amides is 2.